The van der Waals surface area contributed by atoms with Crippen molar-refractivity contribution in [1.29, 1.82) is 0 Å². The number of amides is 2. The Bertz CT molecular complexity index is 370. The van der Waals surface area contributed by atoms with Gasteiger partial charge in [-0.2, -0.15) is 0 Å². The Morgan fingerprint density at radius 2 is 1.89 bits per heavy atom. The molecule has 0 aromatic carbocycles. The minimum Gasteiger partial charge on any atom is -0.337 e. The molecule has 0 saturated carbocycles. The maximum absolute atomic E-state index is 11.4. The smallest absolute Gasteiger partial charge is 0.314 e. The van der Waals surface area contributed by atoms with E-state index >= 15 is 0 Å². The molecule has 6 nitrogen and oxygen atoms in total. The number of carbonyl (C=O) groups excluding carboxylic acids is 1. The van der Waals surface area contributed by atoms with Crippen molar-refractivity contribution >= 4 is 15.8 Å². The topological polar surface area (TPSA) is 73.8 Å². The van der Waals surface area contributed by atoms with Crippen LogP contribution < -0.4 is 10.6 Å². The second-order valence-corrected chi connectivity index (χ2v) is 7.58. The first-order valence-electron chi connectivity index (χ1n) is 6.61. The summed E-state index contributed by atoms with van der Waals surface area (Å²) in [5.74, 6) is 0. The van der Waals surface area contributed by atoms with Crippen LogP contribution in [0.15, 0.2) is 4.36 Å². The van der Waals surface area contributed by atoms with Crippen molar-refractivity contribution in [2.75, 3.05) is 45.7 Å². The molecule has 0 aromatic heterocycles. The van der Waals surface area contributed by atoms with Crippen molar-refractivity contribution < 1.29 is 9.00 Å². The van der Waals surface area contributed by atoms with E-state index in [0.29, 0.717) is 25.7 Å². The van der Waals surface area contributed by atoms with Crippen LogP contribution in [0.4, 0.5) is 4.79 Å². The minimum atomic E-state index is -2.07. The molecular weight excluding hydrogens is 264 g/mol. The first-order chi connectivity index (χ1) is 8.76. The van der Waals surface area contributed by atoms with Gasteiger partial charge in [0.2, 0.25) is 0 Å². The van der Waals surface area contributed by atoms with Gasteiger partial charge in [0, 0.05) is 47.9 Å². The summed E-state index contributed by atoms with van der Waals surface area (Å²) in [6.07, 6.45) is 4.26. The maximum atomic E-state index is 11.4. The summed E-state index contributed by atoms with van der Waals surface area (Å²) in [5.41, 5.74) is 0. The number of nitrogens with one attached hydrogen (secondary N) is 2. The second-order valence-electron chi connectivity index (χ2n) is 4.95. The van der Waals surface area contributed by atoms with Gasteiger partial charge in [-0.05, 0) is 20.4 Å². The molecule has 0 aromatic rings. The van der Waals surface area contributed by atoms with Crippen LogP contribution in [-0.4, -0.2) is 66.9 Å². The largest absolute Gasteiger partial charge is 0.337 e. The average Bonchev–Trinajstić information content (AvgIpc) is 2.32. The molecule has 1 unspecified atom stereocenters. The molecule has 0 saturated heterocycles. The SMILES string of the molecule is CCC(C)N(C)CCNC(=O)NCCN=S(C)(C)=O. The molecule has 0 aliphatic rings. The van der Waals surface area contributed by atoms with Crippen LogP contribution in [0.3, 0.4) is 0 Å². The highest BCUT2D eigenvalue weighted by molar-refractivity contribution is 7.92. The van der Waals surface area contributed by atoms with Crippen molar-refractivity contribution in [3.63, 3.8) is 0 Å². The van der Waals surface area contributed by atoms with Gasteiger partial charge in [0.25, 0.3) is 0 Å². The number of hydrogen-bond acceptors (Lipinski definition) is 4. The molecule has 0 radical (unpaired) electrons. The molecular formula is C12H28N4O2S. The van der Waals surface area contributed by atoms with Gasteiger partial charge in [0.05, 0.1) is 6.54 Å². The summed E-state index contributed by atoms with van der Waals surface area (Å²) in [4.78, 5) is 13.6. The Hall–Kier alpha value is -0.820. The fourth-order valence-electron chi connectivity index (χ4n) is 1.38. The van der Waals surface area contributed by atoms with Crippen LogP contribution in [0.5, 0.6) is 0 Å². The van der Waals surface area contributed by atoms with E-state index in [1.165, 1.54) is 0 Å². The molecule has 114 valence electrons. The summed E-state index contributed by atoms with van der Waals surface area (Å²) in [6.45, 7) is 6.53. The summed E-state index contributed by atoms with van der Waals surface area (Å²) in [5, 5.41) is 5.47. The molecule has 0 spiro atoms. The molecule has 2 N–H and O–H groups in total. The van der Waals surface area contributed by atoms with E-state index < -0.39 is 9.73 Å². The summed E-state index contributed by atoms with van der Waals surface area (Å²) in [7, 11) is -0.0187. The quantitative estimate of drug-likeness (QED) is 0.648. The lowest BCUT2D eigenvalue weighted by molar-refractivity contribution is 0.230. The van der Waals surface area contributed by atoms with Crippen LogP contribution >= 0.6 is 0 Å². The van der Waals surface area contributed by atoms with Crippen molar-refractivity contribution in [2.45, 2.75) is 26.3 Å². The Labute approximate surface area is 117 Å². The van der Waals surface area contributed by atoms with E-state index in [2.05, 4.69) is 33.7 Å². The van der Waals surface area contributed by atoms with Crippen LogP contribution in [0.25, 0.3) is 0 Å². The summed E-state index contributed by atoms with van der Waals surface area (Å²) < 4.78 is 15.2. The number of hydrogen-bond donors (Lipinski definition) is 2. The van der Waals surface area contributed by atoms with E-state index in [1.807, 2.05) is 7.05 Å². The molecule has 0 aliphatic heterocycles. The molecule has 0 rings (SSSR count). The van der Waals surface area contributed by atoms with Crippen molar-refractivity contribution in [1.82, 2.24) is 15.5 Å². The van der Waals surface area contributed by atoms with E-state index in [0.717, 1.165) is 13.0 Å². The first-order valence-corrected chi connectivity index (χ1v) is 8.94. The highest BCUT2D eigenvalue weighted by atomic mass is 32.2. The Morgan fingerprint density at radius 3 is 2.42 bits per heavy atom. The van der Waals surface area contributed by atoms with Crippen molar-refractivity contribution in [3.8, 4) is 0 Å². The third kappa shape index (κ3) is 10.8. The predicted molar refractivity (Wildman–Crippen MR) is 81.1 cm³/mol. The maximum Gasteiger partial charge on any atom is 0.314 e. The second kappa shape index (κ2) is 9.14. The average molecular weight is 292 g/mol. The highest BCUT2D eigenvalue weighted by Gasteiger charge is 2.06. The van der Waals surface area contributed by atoms with Crippen LogP contribution in [0.1, 0.15) is 20.3 Å². The minimum absolute atomic E-state index is 0.202. The summed E-state index contributed by atoms with van der Waals surface area (Å²) in [6, 6.07) is 0.317. The van der Waals surface area contributed by atoms with Gasteiger partial charge in [-0.25, -0.2) is 9.16 Å². The zero-order chi connectivity index (χ0) is 14.9. The van der Waals surface area contributed by atoms with Gasteiger partial charge < -0.3 is 15.5 Å². The monoisotopic (exact) mass is 292 g/mol. The lowest BCUT2D eigenvalue weighted by Gasteiger charge is -2.23. The molecule has 2 amide bonds. The highest BCUT2D eigenvalue weighted by Crippen LogP contribution is 1.97. The van der Waals surface area contributed by atoms with Gasteiger partial charge in [-0.15, -0.1) is 0 Å². The Kier molecular flexibility index (Phi) is 8.75. The normalized spacial score (nSPS) is 13.2. The fraction of sp³-hybridized carbons (Fsp3) is 0.917. The van der Waals surface area contributed by atoms with Crippen molar-refractivity contribution in [2.24, 2.45) is 4.36 Å². The Morgan fingerprint density at radius 1 is 1.32 bits per heavy atom. The van der Waals surface area contributed by atoms with Gasteiger partial charge >= 0.3 is 6.03 Å². The van der Waals surface area contributed by atoms with E-state index in [4.69, 9.17) is 0 Å². The van der Waals surface area contributed by atoms with E-state index in [9.17, 15) is 9.00 Å². The number of likely N-dealkylation sites (N-methyl/N-ethyl adjacent to an activating group) is 1. The zero-order valence-corrected chi connectivity index (χ0v) is 13.5. The van der Waals surface area contributed by atoms with Gasteiger partial charge in [-0.3, -0.25) is 4.21 Å². The molecule has 0 heterocycles. The summed E-state index contributed by atoms with van der Waals surface area (Å²) >= 11 is 0. The van der Waals surface area contributed by atoms with Crippen LogP contribution in [0, 0.1) is 0 Å². The van der Waals surface area contributed by atoms with Gasteiger partial charge in [0.1, 0.15) is 0 Å². The van der Waals surface area contributed by atoms with Crippen LogP contribution in [-0.2, 0) is 9.73 Å². The predicted octanol–water partition coefficient (Wildman–Crippen LogP) is 0.744. The molecule has 1 atom stereocenters. The number of nitrogens with zero attached hydrogens (tertiary/aromatic N) is 2. The molecule has 7 heteroatoms. The van der Waals surface area contributed by atoms with E-state index in [-0.39, 0.29) is 6.03 Å². The molecule has 0 aliphatic carbocycles. The third-order valence-electron chi connectivity index (χ3n) is 2.89. The van der Waals surface area contributed by atoms with E-state index in [1.54, 1.807) is 12.5 Å². The Balaban J connectivity index is 3.69. The number of rotatable bonds is 8. The number of carbonyl (C=O) groups is 1. The molecule has 0 bridgehead atoms. The third-order valence-corrected chi connectivity index (χ3v) is 3.70. The van der Waals surface area contributed by atoms with Gasteiger partial charge in [0.15, 0.2) is 0 Å². The first kappa shape index (κ1) is 18.2. The fourth-order valence-corrected chi connectivity index (χ4v) is 1.91. The molecule has 0 fully saturated rings. The standard InChI is InChI=1S/C12H28N4O2S/c1-6-11(2)16(3)10-9-14-12(17)13-7-8-15-19(4,5)18/h11H,6-10H2,1-5H3,(H2,13,14,17). The lowest BCUT2D eigenvalue weighted by Crippen LogP contribution is -2.42. The van der Waals surface area contributed by atoms with Crippen LogP contribution in [0.2, 0.25) is 0 Å². The van der Waals surface area contributed by atoms with Gasteiger partial charge in [-0.1, -0.05) is 6.92 Å². The lowest BCUT2D eigenvalue weighted by atomic mass is 10.2. The molecule has 19 heavy (non-hydrogen) atoms. The zero-order valence-electron chi connectivity index (χ0n) is 12.7. The van der Waals surface area contributed by atoms with Crippen molar-refractivity contribution in [3.05, 3.63) is 0 Å². The number of urea groups is 1.